The Morgan fingerprint density at radius 3 is 2.88 bits per heavy atom. The molecule has 2 rings (SSSR count). The van der Waals surface area contributed by atoms with E-state index in [2.05, 4.69) is 12.2 Å². The van der Waals surface area contributed by atoms with Gasteiger partial charge in [0.15, 0.2) is 0 Å². The zero-order valence-electron chi connectivity index (χ0n) is 10.2. The van der Waals surface area contributed by atoms with Gasteiger partial charge in [0.25, 0.3) is 0 Å². The van der Waals surface area contributed by atoms with Gasteiger partial charge in [0, 0.05) is 20.2 Å². The number of rotatable bonds is 2. The van der Waals surface area contributed by atoms with Crippen molar-refractivity contribution in [2.75, 3.05) is 26.7 Å². The molecule has 0 saturated carbocycles. The highest BCUT2D eigenvalue weighted by atomic mass is 16.5. The molecule has 0 aromatic heterocycles. The van der Waals surface area contributed by atoms with E-state index < -0.39 is 0 Å². The van der Waals surface area contributed by atoms with Gasteiger partial charge in [0.2, 0.25) is 5.91 Å². The second-order valence-electron chi connectivity index (χ2n) is 4.98. The molecule has 0 aromatic rings. The monoisotopic (exact) mass is 226 g/mol. The van der Waals surface area contributed by atoms with Gasteiger partial charge in [0.05, 0.1) is 12.1 Å². The molecular weight excluding hydrogens is 204 g/mol. The van der Waals surface area contributed by atoms with Crippen LogP contribution >= 0.6 is 0 Å². The Hall–Kier alpha value is -0.610. The van der Waals surface area contributed by atoms with Crippen molar-refractivity contribution in [2.45, 2.75) is 38.3 Å². The van der Waals surface area contributed by atoms with E-state index in [0.717, 1.165) is 32.5 Å². The molecule has 92 valence electrons. The van der Waals surface area contributed by atoms with Crippen LogP contribution in [0.25, 0.3) is 0 Å². The molecule has 0 aliphatic carbocycles. The predicted molar refractivity (Wildman–Crippen MR) is 62.2 cm³/mol. The first-order valence-corrected chi connectivity index (χ1v) is 6.27. The van der Waals surface area contributed by atoms with E-state index in [4.69, 9.17) is 4.74 Å². The second-order valence-corrected chi connectivity index (χ2v) is 4.98. The van der Waals surface area contributed by atoms with Crippen LogP contribution in [0.1, 0.15) is 26.2 Å². The van der Waals surface area contributed by atoms with E-state index in [1.54, 1.807) is 7.11 Å². The van der Waals surface area contributed by atoms with Crippen LogP contribution in [0.15, 0.2) is 0 Å². The fourth-order valence-corrected chi connectivity index (χ4v) is 2.70. The van der Waals surface area contributed by atoms with Gasteiger partial charge in [-0.15, -0.1) is 0 Å². The number of carbonyl (C=O) groups excluding carboxylic acids is 1. The minimum absolute atomic E-state index is 0.0318. The van der Waals surface area contributed by atoms with E-state index in [0.29, 0.717) is 5.92 Å². The topological polar surface area (TPSA) is 41.6 Å². The molecule has 0 radical (unpaired) electrons. The number of piperidine rings is 1. The molecule has 2 saturated heterocycles. The van der Waals surface area contributed by atoms with Crippen molar-refractivity contribution >= 4 is 5.91 Å². The van der Waals surface area contributed by atoms with E-state index in [-0.39, 0.29) is 18.1 Å². The summed E-state index contributed by atoms with van der Waals surface area (Å²) in [6.07, 6.45) is 3.56. The normalized spacial score (nSPS) is 35.4. The lowest BCUT2D eigenvalue weighted by atomic mass is 9.92. The third kappa shape index (κ3) is 2.38. The van der Waals surface area contributed by atoms with Gasteiger partial charge in [0.1, 0.15) is 0 Å². The van der Waals surface area contributed by atoms with Gasteiger partial charge < -0.3 is 15.0 Å². The number of methoxy groups -OCH3 is 1. The summed E-state index contributed by atoms with van der Waals surface area (Å²) < 4.78 is 5.29. The number of carbonyl (C=O) groups is 1. The molecule has 1 N–H and O–H groups in total. The summed E-state index contributed by atoms with van der Waals surface area (Å²) in [6, 6.07) is 0.0318. The molecule has 0 aromatic carbocycles. The van der Waals surface area contributed by atoms with Gasteiger partial charge >= 0.3 is 0 Å². The smallest absolute Gasteiger partial charge is 0.240 e. The molecule has 16 heavy (non-hydrogen) atoms. The fraction of sp³-hybridized carbons (Fsp3) is 0.917. The Labute approximate surface area is 97.3 Å². The number of hydrogen-bond acceptors (Lipinski definition) is 3. The second kappa shape index (κ2) is 5.15. The standard InChI is InChI=1S/C12H22N2O2/c1-9-4-3-6-13-11(9)12(15)14-7-5-10(8-14)16-2/h9-11,13H,3-8H2,1-2H3. The molecule has 2 aliphatic heterocycles. The number of ether oxygens (including phenoxy) is 1. The van der Waals surface area contributed by atoms with Crippen molar-refractivity contribution < 1.29 is 9.53 Å². The lowest BCUT2D eigenvalue weighted by Crippen LogP contribution is -2.51. The molecule has 0 spiro atoms. The number of nitrogens with zero attached hydrogens (tertiary/aromatic N) is 1. The molecule has 0 bridgehead atoms. The maximum absolute atomic E-state index is 12.3. The average Bonchev–Trinajstić information content (AvgIpc) is 2.77. The molecule has 2 aliphatic rings. The Morgan fingerprint density at radius 2 is 2.25 bits per heavy atom. The fourth-order valence-electron chi connectivity index (χ4n) is 2.70. The minimum atomic E-state index is 0.0318. The summed E-state index contributed by atoms with van der Waals surface area (Å²) in [5.74, 6) is 0.731. The molecule has 4 nitrogen and oxygen atoms in total. The molecule has 2 fully saturated rings. The maximum Gasteiger partial charge on any atom is 0.240 e. The summed E-state index contributed by atoms with van der Waals surface area (Å²) in [4.78, 5) is 14.2. The zero-order chi connectivity index (χ0) is 11.5. The number of amides is 1. The van der Waals surface area contributed by atoms with E-state index in [9.17, 15) is 4.79 Å². The maximum atomic E-state index is 12.3. The summed E-state index contributed by atoms with van der Waals surface area (Å²) in [7, 11) is 1.72. The van der Waals surface area contributed by atoms with Crippen molar-refractivity contribution in [3.05, 3.63) is 0 Å². The third-order valence-electron chi connectivity index (χ3n) is 3.83. The highest BCUT2D eigenvalue weighted by Crippen LogP contribution is 2.20. The van der Waals surface area contributed by atoms with E-state index in [1.165, 1.54) is 6.42 Å². The minimum Gasteiger partial charge on any atom is -0.380 e. The Kier molecular flexibility index (Phi) is 3.82. The molecular formula is C12H22N2O2. The van der Waals surface area contributed by atoms with Crippen LogP contribution in [0.2, 0.25) is 0 Å². The van der Waals surface area contributed by atoms with Crippen molar-refractivity contribution in [2.24, 2.45) is 5.92 Å². The van der Waals surface area contributed by atoms with Crippen LogP contribution in [0, 0.1) is 5.92 Å². The molecule has 1 amide bonds. The average molecular weight is 226 g/mol. The lowest BCUT2D eigenvalue weighted by Gasteiger charge is -2.32. The van der Waals surface area contributed by atoms with E-state index in [1.807, 2.05) is 4.90 Å². The lowest BCUT2D eigenvalue weighted by molar-refractivity contribution is -0.134. The third-order valence-corrected chi connectivity index (χ3v) is 3.83. The van der Waals surface area contributed by atoms with Gasteiger partial charge in [-0.05, 0) is 31.7 Å². The highest BCUT2D eigenvalue weighted by molar-refractivity contribution is 5.82. The van der Waals surface area contributed by atoms with Crippen LogP contribution < -0.4 is 5.32 Å². The van der Waals surface area contributed by atoms with Crippen molar-refractivity contribution in [3.8, 4) is 0 Å². The van der Waals surface area contributed by atoms with Gasteiger partial charge in [-0.25, -0.2) is 0 Å². The van der Waals surface area contributed by atoms with Crippen LogP contribution in [-0.4, -0.2) is 49.7 Å². The zero-order valence-corrected chi connectivity index (χ0v) is 10.2. The molecule has 3 unspecified atom stereocenters. The van der Waals surface area contributed by atoms with Crippen LogP contribution in [0.5, 0.6) is 0 Å². The van der Waals surface area contributed by atoms with Crippen molar-refractivity contribution in [1.29, 1.82) is 0 Å². The summed E-state index contributed by atoms with van der Waals surface area (Å²) in [6.45, 7) is 4.75. The largest absolute Gasteiger partial charge is 0.380 e. The molecule has 3 atom stereocenters. The number of nitrogens with one attached hydrogen (secondary N) is 1. The van der Waals surface area contributed by atoms with Crippen LogP contribution in [0.4, 0.5) is 0 Å². The van der Waals surface area contributed by atoms with Crippen LogP contribution in [-0.2, 0) is 9.53 Å². The first kappa shape index (κ1) is 11.9. The Balaban J connectivity index is 1.91. The number of likely N-dealkylation sites (tertiary alicyclic amines) is 1. The van der Waals surface area contributed by atoms with Gasteiger partial charge in [-0.2, -0.15) is 0 Å². The predicted octanol–water partition coefficient (Wildman–Crippen LogP) is 0.622. The highest BCUT2D eigenvalue weighted by Gasteiger charge is 2.34. The SMILES string of the molecule is COC1CCN(C(=O)C2NCCCC2C)C1. The summed E-state index contributed by atoms with van der Waals surface area (Å²) in [5, 5.41) is 3.35. The first-order chi connectivity index (χ1) is 7.72. The van der Waals surface area contributed by atoms with Gasteiger partial charge in [-0.3, -0.25) is 4.79 Å². The molecule has 2 heterocycles. The van der Waals surface area contributed by atoms with Crippen LogP contribution in [0.3, 0.4) is 0 Å². The summed E-state index contributed by atoms with van der Waals surface area (Å²) in [5.41, 5.74) is 0. The Morgan fingerprint density at radius 1 is 1.44 bits per heavy atom. The van der Waals surface area contributed by atoms with E-state index >= 15 is 0 Å². The Bertz CT molecular complexity index is 257. The first-order valence-electron chi connectivity index (χ1n) is 6.27. The quantitative estimate of drug-likeness (QED) is 0.750. The van der Waals surface area contributed by atoms with Gasteiger partial charge in [-0.1, -0.05) is 6.92 Å². The van der Waals surface area contributed by atoms with Crippen molar-refractivity contribution in [3.63, 3.8) is 0 Å². The molecule has 4 heteroatoms. The van der Waals surface area contributed by atoms with Crippen molar-refractivity contribution in [1.82, 2.24) is 10.2 Å². The summed E-state index contributed by atoms with van der Waals surface area (Å²) >= 11 is 0. The number of hydrogen-bond donors (Lipinski definition) is 1.